The smallest absolute Gasteiger partial charge is 0.126 e. The highest BCUT2D eigenvalue weighted by Crippen LogP contribution is 2.29. The average molecular weight is 356 g/mol. The summed E-state index contributed by atoms with van der Waals surface area (Å²) in [6.07, 6.45) is 0. The molecule has 0 aliphatic heterocycles. The van der Waals surface area contributed by atoms with Gasteiger partial charge in [0.25, 0.3) is 0 Å². The minimum absolute atomic E-state index is 0.0988. The number of halogens is 3. The first-order valence-corrected chi connectivity index (χ1v) is 7.33. The Hall–Kier alpha value is -1.46. The summed E-state index contributed by atoms with van der Waals surface area (Å²) in [5.41, 5.74) is 1.43. The predicted molar refractivity (Wildman–Crippen MR) is 82.3 cm³/mol. The van der Waals surface area contributed by atoms with Crippen molar-refractivity contribution >= 4 is 15.9 Å². The molecule has 0 radical (unpaired) electrons. The van der Waals surface area contributed by atoms with Crippen molar-refractivity contribution in [3.05, 3.63) is 63.6 Å². The molecule has 1 atom stereocenters. The van der Waals surface area contributed by atoms with Crippen LogP contribution in [0.5, 0.6) is 5.75 Å². The van der Waals surface area contributed by atoms with E-state index in [1.165, 1.54) is 12.1 Å². The molecule has 0 aliphatic carbocycles. The van der Waals surface area contributed by atoms with Crippen LogP contribution in [0.2, 0.25) is 0 Å². The molecular formula is C16H16BrF2NO. The predicted octanol–water partition coefficient (Wildman–Crippen LogP) is 4.59. The molecule has 0 spiro atoms. The highest BCUT2D eigenvalue weighted by molar-refractivity contribution is 9.10. The Morgan fingerprint density at radius 2 is 1.81 bits per heavy atom. The van der Waals surface area contributed by atoms with E-state index in [9.17, 15) is 8.78 Å². The van der Waals surface area contributed by atoms with Gasteiger partial charge in [0.15, 0.2) is 0 Å². The van der Waals surface area contributed by atoms with Crippen molar-refractivity contribution in [3.63, 3.8) is 0 Å². The van der Waals surface area contributed by atoms with E-state index < -0.39 is 11.6 Å². The van der Waals surface area contributed by atoms with Gasteiger partial charge < -0.3 is 10.1 Å². The summed E-state index contributed by atoms with van der Waals surface area (Å²) >= 11 is 3.43. The zero-order valence-electron chi connectivity index (χ0n) is 11.8. The Morgan fingerprint density at radius 3 is 2.43 bits per heavy atom. The molecule has 2 nitrogen and oxygen atoms in total. The second-order valence-corrected chi connectivity index (χ2v) is 5.67. The third-order valence-corrected chi connectivity index (χ3v) is 3.68. The average Bonchev–Trinajstić information content (AvgIpc) is 2.44. The molecule has 0 aromatic heterocycles. The zero-order chi connectivity index (χ0) is 15.4. The molecule has 0 bridgehead atoms. The van der Waals surface area contributed by atoms with Crippen molar-refractivity contribution in [1.29, 1.82) is 0 Å². The molecule has 21 heavy (non-hydrogen) atoms. The van der Waals surface area contributed by atoms with Crippen LogP contribution in [0.1, 0.15) is 24.1 Å². The molecule has 0 saturated carbocycles. The fourth-order valence-electron chi connectivity index (χ4n) is 2.00. The first kappa shape index (κ1) is 15.9. The molecule has 1 N–H and O–H groups in total. The summed E-state index contributed by atoms with van der Waals surface area (Å²) in [6.45, 7) is 2.12. The van der Waals surface area contributed by atoms with Gasteiger partial charge in [0.2, 0.25) is 0 Å². The Bertz CT molecular complexity index is 613. The van der Waals surface area contributed by atoms with E-state index in [-0.39, 0.29) is 12.6 Å². The minimum atomic E-state index is -0.603. The Morgan fingerprint density at radius 1 is 1.14 bits per heavy atom. The SMILES string of the molecule is CNC(C)c1cc(Br)ccc1OCc1cc(F)cc(F)c1. The van der Waals surface area contributed by atoms with Gasteiger partial charge in [-0.25, -0.2) is 8.78 Å². The van der Waals surface area contributed by atoms with Crippen LogP contribution in [0.25, 0.3) is 0 Å². The first-order valence-electron chi connectivity index (χ1n) is 6.54. The summed E-state index contributed by atoms with van der Waals surface area (Å²) in [5.74, 6) is -0.522. The number of rotatable bonds is 5. The third-order valence-electron chi connectivity index (χ3n) is 3.19. The lowest BCUT2D eigenvalue weighted by atomic mass is 10.1. The van der Waals surface area contributed by atoms with Gasteiger partial charge in [-0.3, -0.25) is 0 Å². The molecule has 0 fully saturated rings. The highest BCUT2D eigenvalue weighted by atomic mass is 79.9. The van der Waals surface area contributed by atoms with E-state index in [0.717, 1.165) is 16.1 Å². The molecular weight excluding hydrogens is 340 g/mol. The maximum atomic E-state index is 13.2. The van der Waals surface area contributed by atoms with Crippen LogP contribution in [0, 0.1) is 11.6 Å². The number of nitrogens with one attached hydrogen (secondary N) is 1. The Balaban J connectivity index is 2.19. The normalized spacial score (nSPS) is 12.2. The number of benzene rings is 2. The van der Waals surface area contributed by atoms with Crippen molar-refractivity contribution in [2.75, 3.05) is 7.05 Å². The van der Waals surface area contributed by atoms with Gasteiger partial charge in [-0.05, 0) is 49.9 Å². The standard InChI is InChI=1S/C16H16BrF2NO/c1-10(20-2)15-7-12(17)3-4-16(15)21-9-11-5-13(18)8-14(19)6-11/h3-8,10,20H,9H2,1-2H3. The van der Waals surface area contributed by atoms with Gasteiger partial charge in [0, 0.05) is 22.1 Å². The second-order valence-electron chi connectivity index (χ2n) is 4.76. The van der Waals surface area contributed by atoms with Crippen molar-refractivity contribution in [1.82, 2.24) is 5.32 Å². The van der Waals surface area contributed by atoms with Crippen LogP contribution in [0.15, 0.2) is 40.9 Å². The van der Waals surface area contributed by atoms with Gasteiger partial charge in [-0.15, -0.1) is 0 Å². The second kappa shape index (κ2) is 7.00. The summed E-state index contributed by atoms with van der Waals surface area (Å²) in [5, 5.41) is 3.14. The van der Waals surface area contributed by atoms with E-state index in [1.807, 2.05) is 32.2 Å². The largest absolute Gasteiger partial charge is 0.489 e. The van der Waals surface area contributed by atoms with E-state index in [2.05, 4.69) is 21.2 Å². The summed E-state index contributed by atoms with van der Waals surface area (Å²) in [7, 11) is 1.86. The molecule has 2 rings (SSSR count). The number of hydrogen-bond donors (Lipinski definition) is 1. The lowest BCUT2D eigenvalue weighted by molar-refractivity contribution is 0.299. The van der Waals surface area contributed by atoms with Gasteiger partial charge in [-0.2, -0.15) is 0 Å². The van der Waals surface area contributed by atoms with Crippen LogP contribution in [0.4, 0.5) is 8.78 Å². The summed E-state index contributed by atoms with van der Waals surface area (Å²) in [4.78, 5) is 0. The summed E-state index contributed by atoms with van der Waals surface area (Å²) in [6, 6.07) is 9.14. The van der Waals surface area contributed by atoms with Crippen molar-refractivity contribution < 1.29 is 13.5 Å². The molecule has 0 saturated heterocycles. The van der Waals surface area contributed by atoms with Crippen molar-refractivity contribution in [2.45, 2.75) is 19.6 Å². The third kappa shape index (κ3) is 4.25. The molecule has 0 amide bonds. The molecule has 1 unspecified atom stereocenters. The van der Waals surface area contributed by atoms with E-state index in [0.29, 0.717) is 11.3 Å². The fraction of sp³-hybridized carbons (Fsp3) is 0.250. The lowest BCUT2D eigenvalue weighted by Gasteiger charge is -2.17. The van der Waals surface area contributed by atoms with Crippen LogP contribution in [-0.4, -0.2) is 7.05 Å². The molecule has 0 aliphatic rings. The molecule has 0 heterocycles. The fourth-order valence-corrected chi connectivity index (χ4v) is 2.38. The molecule has 2 aromatic carbocycles. The highest BCUT2D eigenvalue weighted by Gasteiger charge is 2.11. The maximum Gasteiger partial charge on any atom is 0.126 e. The molecule has 112 valence electrons. The number of ether oxygens (including phenoxy) is 1. The van der Waals surface area contributed by atoms with Crippen molar-refractivity contribution in [2.24, 2.45) is 0 Å². The topological polar surface area (TPSA) is 21.3 Å². The Kier molecular flexibility index (Phi) is 5.31. The van der Waals surface area contributed by atoms with Gasteiger partial charge in [0.1, 0.15) is 24.0 Å². The first-order chi connectivity index (χ1) is 9.99. The molecule has 2 aromatic rings. The van der Waals surface area contributed by atoms with Gasteiger partial charge in [-0.1, -0.05) is 15.9 Å². The van der Waals surface area contributed by atoms with E-state index in [1.54, 1.807) is 0 Å². The van der Waals surface area contributed by atoms with Crippen LogP contribution < -0.4 is 10.1 Å². The molecule has 5 heteroatoms. The van der Waals surface area contributed by atoms with Crippen LogP contribution in [0.3, 0.4) is 0 Å². The summed E-state index contributed by atoms with van der Waals surface area (Å²) < 4.78 is 33.0. The van der Waals surface area contributed by atoms with Crippen LogP contribution >= 0.6 is 15.9 Å². The number of hydrogen-bond acceptors (Lipinski definition) is 2. The minimum Gasteiger partial charge on any atom is -0.489 e. The van der Waals surface area contributed by atoms with Gasteiger partial charge >= 0.3 is 0 Å². The monoisotopic (exact) mass is 355 g/mol. The lowest BCUT2D eigenvalue weighted by Crippen LogP contribution is -2.14. The Labute approximate surface area is 131 Å². The van der Waals surface area contributed by atoms with E-state index >= 15 is 0 Å². The van der Waals surface area contributed by atoms with Crippen LogP contribution in [-0.2, 0) is 6.61 Å². The van der Waals surface area contributed by atoms with Gasteiger partial charge in [0.05, 0.1) is 0 Å². The maximum absolute atomic E-state index is 13.2. The zero-order valence-corrected chi connectivity index (χ0v) is 13.4. The quantitative estimate of drug-likeness (QED) is 0.846. The van der Waals surface area contributed by atoms with E-state index in [4.69, 9.17) is 4.74 Å². The van der Waals surface area contributed by atoms with Crippen molar-refractivity contribution in [3.8, 4) is 5.75 Å².